The third-order valence-electron chi connectivity index (χ3n) is 3.63. The van der Waals surface area contributed by atoms with Crippen LogP contribution in [0, 0.1) is 0 Å². The molecule has 0 rings (SSSR count). The SMILES string of the molecule is CCCOCCOCCOCCOCCOCCOCCOCCOCCOC(C)C. The van der Waals surface area contributed by atoms with Gasteiger partial charge in [0.2, 0.25) is 0 Å². The summed E-state index contributed by atoms with van der Waals surface area (Å²) in [6.07, 6.45) is 1.27. The predicted octanol–water partition coefficient (Wildman–Crippen LogP) is 1.95. The van der Waals surface area contributed by atoms with Crippen LogP contribution in [-0.2, 0) is 42.6 Å². The normalized spacial score (nSPS) is 11.6. The van der Waals surface area contributed by atoms with Crippen molar-refractivity contribution in [2.24, 2.45) is 0 Å². The van der Waals surface area contributed by atoms with Gasteiger partial charge in [-0.05, 0) is 20.3 Å². The van der Waals surface area contributed by atoms with Crippen molar-refractivity contribution in [2.45, 2.75) is 33.3 Å². The van der Waals surface area contributed by atoms with Gasteiger partial charge >= 0.3 is 0 Å². The average molecular weight is 455 g/mol. The van der Waals surface area contributed by atoms with E-state index in [0.717, 1.165) is 13.0 Å². The highest BCUT2D eigenvalue weighted by Crippen LogP contribution is 1.88. The lowest BCUT2D eigenvalue weighted by Gasteiger charge is -2.09. The second kappa shape index (κ2) is 27.7. The van der Waals surface area contributed by atoms with Crippen LogP contribution >= 0.6 is 0 Å². The highest BCUT2D eigenvalue weighted by molar-refractivity contribution is 4.39. The van der Waals surface area contributed by atoms with E-state index in [1.165, 1.54) is 0 Å². The molecule has 9 nitrogen and oxygen atoms in total. The molecule has 0 atom stereocenters. The smallest absolute Gasteiger partial charge is 0.0703 e. The standard InChI is InChI=1S/C22H46O9/c1-4-5-23-6-7-24-8-9-25-10-11-26-12-13-27-14-15-28-16-17-29-18-19-30-20-21-31-22(2)3/h22H,4-21H2,1-3H3. The zero-order valence-electron chi connectivity index (χ0n) is 20.0. The van der Waals surface area contributed by atoms with Crippen molar-refractivity contribution in [3.05, 3.63) is 0 Å². The van der Waals surface area contributed by atoms with Gasteiger partial charge in [0, 0.05) is 6.61 Å². The van der Waals surface area contributed by atoms with Crippen LogP contribution in [0.4, 0.5) is 0 Å². The molecule has 0 aromatic heterocycles. The van der Waals surface area contributed by atoms with Crippen molar-refractivity contribution in [2.75, 3.05) is 112 Å². The number of rotatable bonds is 27. The molecule has 188 valence electrons. The molecular weight excluding hydrogens is 408 g/mol. The summed E-state index contributed by atoms with van der Waals surface area (Å²) in [6, 6.07) is 0. The highest BCUT2D eigenvalue weighted by Gasteiger charge is 1.96. The van der Waals surface area contributed by atoms with Gasteiger partial charge < -0.3 is 42.6 Å². The van der Waals surface area contributed by atoms with Crippen LogP contribution < -0.4 is 0 Å². The van der Waals surface area contributed by atoms with E-state index in [1.807, 2.05) is 13.8 Å². The van der Waals surface area contributed by atoms with E-state index < -0.39 is 0 Å². The molecule has 0 spiro atoms. The van der Waals surface area contributed by atoms with Crippen LogP contribution in [0.15, 0.2) is 0 Å². The van der Waals surface area contributed by atoms with E-state index >= 15 is 0 Å². The first kappa shape index (κ1) is 30.6. The van der Waals surface area contributed by atoms with Gasteiger partial charge in [0.05, 0.1) is 112 Å². The average Bonchev–Trinajstić information content (AvgIpc) is 2.76. The maximum atomic E-state index is 5.44. The number of hydrogen-bond donors (Lipinski definition) is 0. The minimum atomic E-state index is 0.241. The molecule has 9 heteroatoms. The molecule has 0 heterocycles. The van der Waals surface area contributed by atoms with Gasteiger partial charge in [-0.2, -0.15) is 0 Å². The summed E-state index contributed by atoms with van der Waals surface area (Å²) in [5.41, 5.74) is 0. The van der Waals surface area contributed by atoms with E-state index in [4.69, 9.17) is 42.6 Å². The molecule has 0 aliphatic rings. The van der Waals surface area contributed by atoms with Gasteiger partial charge in [-0.1, -0.05) is 6.92 Å². The molecule has 0 unspecified atom stereocenters. The topological polar surface area (TPSA) is 83.1 Å². The molecule has 0 aliphatic heterocycles. The minimum Gasteiger partial charge on any atom is -0.379 e. The Morgan fingerprint density at radius 2 is 0.581 bits per heavy atom. The largest absolute Gasteiger partial charge is 0.379 e. The fourth-order valence-corrected chi connectivity index (χ4v) is 2.13. The molecule has 0 N–H and O–H groups in total. The molecule has 0 fully saturated rings. The van der Waals surface area contributed by atoms with Gasteiger partial charge in [0.25, 0.3) is 0 Å². The number of ether oxygens (including phenoxy) is 9. The fraction of sp³-hybridized carbons (Fsp3) is 1.00. The lowest BCUT2D eigenvalue weighted by Crippen LogP contribution is -2.15. The predicted molar refractivity (Wildman–Crippen MR) is 118 cm³/mol. The molecule has 0 aliphatic carbocycles. The van der Waals surface area contributed by atoms with Crippen LogP contribution in [0.25, 0.3) is 0 Å². The van der Waals surface area contributed by atoms with Gasteiger partial charge in [-0.15, -0.1) is 0 Å². The summed E-state index contributed by atoms with van der Waals surface area (Å²) in [6.45, 7) is 16.0. The second-order valence-corrected chi connectivity index (χ2v) is 6.82. The monoisotopic (exact) mass is 454 g/mol. The lowest BCUT2D eigenvalue weighted by molar-refractivity contribution is -0.0268. The maximum Gasteiger partial charge on any atom is 0.0703 e. The van der Waals surface area contributed by atoms with Crippen LogP contribution in [0.1, 0.15) is 27.2 Å². The Balaban J connectivity index is 2.99. The van der Waals surface area contributed by atoms with Crippen molar-refractivity contribution >= 4 is 0 Å². The summed E-state index contributed by atoms with van der Waals surface area (Å²) in [5.74, 6) is 0. The molecule has 0 amide bonds. The van der Waals surface area contributed by atoms with E-state index in [1.54, 1.807) is 0 Å². The van der Waals surface area contributed by atoms with Crippen LogP contribution in [0.3, 0.4) is 0 Å². The molecule has 0 saturated heterocycles. The van der Waals surface area contributed by atoms with Crippen molar-refractivity contribution in [3.63, 3.8) is 0 Å². The Kier molecular flexibility index (Phi) is 27.4. The van der Waals surface area contributed by atoms with E-state index in [-0.39, 0.29) is 6.10 Å². The van der Waals surface area contributed by atoms with Crippen LogP contribution in [-0.4, -0.2) is 118 Å². The molecule has 31 heavy (non-hydrogen) atoms. The summed E-state index contributed by atoms with van der Waals surface area (Å²) in [5, 5.41) is 0. The first-order chi connectivity index (χ1) is 15.3. The number of hydrogen-bond acceptors (Lipinski definition) is 9. The van der Waals surface area contributed by atoms with E-state index in [0.29, 0.717) is 106 Å². The van der Waals surface area contributed by atoms with E-state index in [9.17, 15) is 0 Å². The molecule has 0 aromatic rings. The van der Waals surface area contributed by atoms with Gasteiger partial charge in [0.1, 0.15) is 0 Å². The zero-order chi connectivity index (χ0) is 22.7. The van der Waals surface area contributed by atoms with Crippen LogP contribution in [0.5, 0.6) is 0 Å². The Morgan fingerprint density at radius 3 is 0.806 bits per heavy atom. The quantitative estimate of drug-likeness (QED) is 0.173. The zero-order valence-corrected chi connectivity index (χ0v) is 20.0. The lowest BCUT2D eigenvalue weighted by atomic mass is 10.5. The molecular formula is C22H46O9. The molecule has 0 radical (unpaired) electrons. The Morgan fingerprint density at radius 1 is 0.355 bits per heavy atom. The minimum absolute atomic E-state index is 0.241. The Hall–Kier alpha value is -0.360. The third kappa shape index (κ3) is 29.6. The van der Waals surface area contributed by atoms with E-state index in [2.05, 4.69) is 6.92 Å². The molecule has 0 saturated carbocycles. The highest BCUT2D eigenvalue weighted by atomic mass is 16.6. The van der Waals surface area contributed by atoms with Crippen LogP contribution in [0.2, 0.25) is 0 Å². The van der Waals surface area contributed by atoms with Crippen molar-refractivity contribution in [1.82, 2.24) is 0 Å². The van der Waals surface area contributed by atoms with Crippen molar-refractivity contribution in [1.29, 1.82) is 0 Å². The second-order valence-electron chi connectivity index (χ2n) is 6.82. The van der Waals surface area contributed by atoms with Gasteiger partial charge in [-0.25, -0.2) is 0 Å². The fourth-order valence-electron chi connectivity index (χ4n) is 2.13. The summed E-state index contributed by atoms with van der Waals surface area (Å²) in [7, 11) is 0. The first-order valence-electron chi connectivity index (χ1n) is 11.5. The maximum absolute atomic E-state index is 5.44. The van der Waals surface area contributed by atoms with Crippen molar-refractivity contribution in [3.8, 4) is 0 Å². The molecule has 0 bridgehead atoms. The summed E-state index contributed by atoms with van der Waals surface area (Å²) < 4.78 is 48.6. The van der Waals surface area contributed by atoms with Crippen molar-refractivity contribution < 1.29 is 42.6 Å². The van der Waals surface area contributed by atoms with Gasteiger partial charge in [0.15, 0.2) is 0 Å². The molecule has 0 aromatic carbocycles. The summed E-state index contributed by atoms with van der Waals surface area (Å²) >= 11 is 0. The third-order valence-corrected chi connectivity index (χ3v) is 3.63. The Bertz CT molecular complexity index is 319. The Labute approximate surface area is 188 Å². The first-order valence-corrected chi connectivity index (χ1v) is 11.5. The van der Waals surface area contributed by atoms with Gasteiger partial charge in [-0.3, -0.25) is 0 Å². The summed E-state index contributed by atoms with van der Waals surface area (Å²) in [4.78, 5) is 0.